The van der Waals surface area contributed by atoms with Gasteiger partial charge in [0, 0.05) is 0 Å². The average Bonchev–Trinajstić information content (AvgIpc) is 1.90. The highest BCUT2D eigenvalue weighted by Gasteiger charge is 2.05. The van der Waals surface area contributed by atoms with Crippen LogP contribution in [0.3, 0.4) is 0 Å². The van der Waals surface area contributed by atoms with Crippen LogP contribution >= 0.6 is 0 Å². The second-order valence-electron chi connectivity index (χ2n) is 2.76. The van der Waals surface area contributed by atoms with Crippen molar-refractivity contribution in [2.45, 2.75) is 39.5 Å². The highest BCUT2D eigenvalue weighted by Crippen LogP contribution is 2.13. The van der Waals surface area contributed by atoms with Crippen LogP contribution in [-0.2, 0) is 0 Å². The molecule has 0 aliphatic heterocycles. The van der Waals surface area contributed by atoms with Crippen molar-refractivity contribution < 1.29 is 0 Å². The largest absolute Gasteiger partial charge is 0.151 e. The van der Waals surface area contributed by atoms with Crippen molar-refractivity contribution in [3.05, 3.63) is 4.91 Å². The Morgan fingerprint density at radius 1 is 1.20 bits per heavy atom. The fourth-order valence-electron chi connectivity index (χ4n) is 1.25. The number of rotatable bonds is 6. The second-order valence-corrected chi connectivity index (χ2v) is 2.76. The summed E-state index contributed by atoms with van der Waals surface area (Å²) in [5.41, 5.74) is 0. The van der Waals surface area contributed by atoms with E-state index in [1.807, 2.05) is 0 Å². The van der Waals surface area contributed by atoms with E-state index in [-0.39, 0.29) is 0 Å². The van der Waals surface area contributed by atoms with Crippen molar-refractivity contribution in [3.63, 3.8) is 0 Å². The first-order valence-electron chi connectivity index (χ1n) is 4.14. The van der Waals surface area contributed by atoms with E-state index in [1.165, 1.54) is 12.8 Å². The van der Waals surface area contributed by atoms with E-state index in [4.69, 9.17) is 0 Å². The topological polar surface area (TPSA) is 29.4 Å². The monoisotopic (exact) mass is 143 g/mol. The summed E-state index contributed by atoms with van der Waals surface area (Å²) in [5.74, 6) is 0.549. The maximum atomic E-state index is 9.91. The lowest BCUT2D eigenvalue weighted by Crippen LogP contribution is -2.02. The zero-order valence-corrected chi connectivity index (χ0v) is 6.97. The van der Waals surface area contributed by atoms with Crippen LogP contribution in [0.1, 0.15) is 39.5 Å². The first-order valence-corrected chi connectivity index (χ1v) is 4.14. The van der Waals surface area contributed by atoms with Gasteiger partial charge in [-0.15, -0.1) is 0 Å². The normalized spacial score (nSPS) is 10.3. The summed E-state index contributed by atoms with van der Waals surface area (Å²) in [6.45, 7) is 4.81. The van der Waals surface area contributed by atoms with Gasteiger partial charge < -0.3 is 0 Å². The van der Waals surface area contributed by atoms with Gasteiger partial charge in [-0.05, 0) is 18.8 Å². The van der Waals surface area contributed by atoms with E-state index in [9.17, 15) is 4.91 Å². The third kappa shape index (κ3) is 4.48. The predicted octanol–water partition coefficient (Wildman–Crippen LogP) is 2.97. The zero-order chi connectivity index (χ0) is 7.82. The van der Waals surface area contributed by atoms with Gasteiger partial charge in [0.05, 0.1) is 6.54 Å². The lowest BCUT2D eigenvalue weighted by Gasteiger charge is -2.08. The molecule has 10 heavy (non-hydrogen) atoms. The molecule has 0 rings (SSSR count). The fraction of sp³-hybridized carbons (Fsp3) is 1.00. The molecular weight excluding hydrogens is 126 g/mol. The van der Waals surface area contributed by atoms with Crippen molar-refractivity contribution in [2.75, 3.05) is 6.54 Å². The lowest BCUT2D eigenvalue weighted by molar-refractivity contribution is 0.450. The molecule has 0 aromatic carbocycles. The highest BCUT2D eigenvalue weighted by atomic mass is 16.3. The van der Waals surface area contributed by atoms with Gasteiger partial charge in [-0.3, -0.25) is 0 Å². The van der Waals surface area contributed by atoms with Crippen LogP contribution in [0.25, 0.3) is 0 Å². The van der Waals surface area contributed by atoms with Gasteiger partial charge in [-0.2, -0.15) is 4.91 Å². The van der Waals surface area contributed by atoms with Crippen LogP contribution < -0.4 is 0 Å². The summed E-state index contributed by atoms with van der Waals surface area (Å²) < 4.78 is 0. The molecule has 0 heterocycles. The molecule has 0 radical (unpaired) electrons. The standard InChI is InChI=1S/C8H17NO/c1-3-5-8(6-4-2)7-9-10/h8H,3-7H2,1-2H3. The third-order valence-electron chi connectivity index (χ3n) is 1.73. The Bertz CT molecular complexity index is 77.3. The quantitative estimate of drug-likeness (QED) is 0.525. The number of hydrogen-bond acceptors (Lipinski definition) is 2. The molecule has 0 atom stereocenters. The Labute approximate surface area is 63.0 Å². The Morgan fingerprint density at radius 3 is 2.00 bits per heavy atom. The van der Waals surface area contributed by atoms with Gasteiger partial charge in [0.15, 0.2) is 0 Å². The maximum absolute atomic E-state index is 9.91. The van der Waals surface area contributed by atoms with Crippen LogP contribution in [0.2, 0.25) is 0 Å². The minimum Gasteiger partial charge on any atom is -0.151 e. The van der Waals surface area contributed by atoms with Crippen molar-refractivity contribution in [1.82, 2.24) is 0 Å². The molecule has 0 aromatic heterocycles. The van der Waals surface area contributed by atoms with Gasteiger partial charge in [-0.1, -0.05) is 31.9 Å². The number of nitrogens with zero attached hydrogens (tertiary/aromatic N) is 1. The number of hydrogen-bond donors (Lipinski definition) is 0. The van der Waals surface area contributed by atoms with Crippen molar-refractivity contribution in [3.8, 4) is 0 Å². The van der Waals surface area contributed by atoms with Gasteiger partial charge in [0.1, 0.15) is 0 Å². The molecule has 60 valence electrons. The first kappa shape index (κ1) is 9.60. The molecule has 2 heteroatoms. The molecule has 0 spiro atoms. The van der Waals surface area contributed by atoms with Crippen LogP contribution in [0.5, 0.6) is 0 Å². The van der Waals surface area contributed by atoms with Crippen LogP contribution in [0.4, 0.5) is 0 Å². The van der Waals surface area contributed by atoms with Crippen molar-refractivity contribution in [1.29, 1.82) is 0 Å². The minimum atomic E-state index is 0.516. The third-order valence-corrected chi connectivity index (χ3v) is 1.73. The van der Waals surface area contributed by atoms with Gasteiger partial charge >= 0.3 is 0 Å². The minimum absolute atomic E-state index is 0.516. The number of nitroso groups, excluding NO2 is 1. The molecule has 0 aliphatic rings. The summed E-state index contributed by atoms with van der Waals surface area (Å²) >= 11 is 0. The molecular formula is C8H17NO. The molecule has 0 bridgehead atoms. The maximum Gasteiger partial charge on any atom is 0.0839 e. The Morgan fingerprint density at radius 2 is 1.70 bits per heavy atom. The molecule has 0 unspecified atom stereocenters. The van der Waals surface area contributed by atoms with E-state index < -0.39 is 0 Å². The van der Waals surface area contributed by atoms with Crippen molar-refractivity contribution in [2.24, 2.45) is 11.1 Å². The zero-order valence-electron chi connectivity index (χ0n) is 6.97. The summed E-state index contributed by atoms with van der Waals surface area (Å²) in [7, 11) is 0. The van der Waals surface area contributed by atoms with E-state index >= 15 is 0 Å². The van der Waals surface area contributed by atoms with Crippen LogP contribution in [0, 0.1) is 10.8 Å². The highest BCUT2D eigenvalue weighted by molar-refractivity contribution is 4.59. The molecule has 2 nitrogen and oxygen atoms in total. The summed E-state index contributed by atoms with van der Waals surface area (Å²) in [4.78, 5) is 9.91. The summed E-state index contributed by atoms with van der Waals surface area (Å²) in [6.07, 6.45) is 4.64. The molecule has 0 N–H and O–H groups in total. The fourth-order valence-corrected chi connectivity index (χ4v) is 1.25. The lowest BCUT2D eigenvalue weighted by atomic mass is 9.99. The summed E-state index contributed by atoms with van der Waals surface area (Å²) in [5, 5.41) is 2.92. The van der Waals surface area contributed by atoms with E-state index in [0.29, 0.717) is 12.5 Å². The Hall–Kier alpha value is -0.400. The smallest absolute Gasteiger partial charge is 0.0839 e. The summed E-state index contributed by atoms with van der Waals surface area (Å²) in [6, 6.07) is 0. The van der Waals surface area contributed by atoms with Gasteiger partial charge in [0.25, 0.3) is 0 Å². The molecule has 0 aromatic rings. The molecule has 0 fully saturated rings. The van der Waals surface area contributed by atoms with Crippen LogP contribution in [-0.4, -0.2) is 6.54 Å². The molecule has 0 amide bonds. The van der Waals surface area contributed by atoms with E-state index in [0.717, 1.165) is 12.8 Å². The molecule has 0 saturated carbocycles. The predicted molar refractivity (Wildman–Crippen MR) is 44.0 cm³/mol. The first-order chi connectivity index (χ1) is 4.85. The van der Waals surface area contributed by atoms with E-state index in [1.54, 1.807) is 0 Å². The Balaban J connectivity index is 3.38. The molecule has 0 saturated heterocycles. The molecule has 0 aliphatic carbocycles. The van der Waals surface area contributed by atoms with Gasteiger partial charge in [0.2, 0.25) is 0 Å². The van der Waals surface area contributed by atoms with Crippen LogP contribution in [0.15, 0.2) is 5.18 Å². The van der Waals surface area contributed by atoms with Gasteiger partial charge in [-0.25, -0.2) is 0 Å². The van der Waals surface area contributed by atoms with Crippen molar-refractivity contribution >= 4 is 0 Å². The Kier molecular flexibility index (Phi) is 6.45. The SMILES string of the molecule is CCCC(CCC)CN=O. The average molecular weight is 143 g/mol. The van der Waals surface area contributed by atoms with E-state index in [2.05, 4.69) is 19.0 Å². The second kappa shape index (κ2) is 6.72.